The van der Waals surface area contributed by atoms with Crippen LogP contribution >= 0.6 is 11.6 Å². The number of hydrogen-bond acceptors (Lipinski definition) is 3. The summed E-state index contributed by atoms with van der Waals surface area (Å²) < 4.78 is 66.3. The van der Waals surface area contributed by atoms with Crippen LogP contribution in [0.4, 0.5) is 24.5 Å². The van der Waals surface area contributed by atoms with Crippen molar-refractivity contribution in [1.82, 2.24) is 4.31 Å². The SMILES string of the molecule is Cc1ccc(C)c(N(CC(=O)Nc2cc(C(F)(F)F)ccc2Cl)S(=O)(=O)N(C)C)c1. The van der Waals surface area contributed by atoms with Crippen LogP contribution in [0.2, 0.25) is 5.02 Å². The predicted octanol–water partition coefficient (Wildman–Crippen LogP) is 4.23. The normalized spacial score (nSPS) is 12.2. The number of rotatable bonds is 6. The van der Waals surface area contributed by atoms with Gasteiger partial charge >= 0.3 is 16.4 Å². The maximum Gasteiger partial charge on any atom is 0.416 e. The number of carbonyl (C=O) groups excluding carboxylic acids is 1. The standard InChI is InChI=1S/C19H21ClF3N3O3S/c1-12-5-6-13(2)17(9-12)26(30(28,29)25(3)4)11-18(27)24-16-10-14(19(21,22)23)7-8-15(16)20/h5-10H,11H2,1-4H3,(H,24,27). The Hall–Kier alpha value is -2.30. The van der Waals surface area contributed by atoms with Gasteiger partial charge in [0.25, 0.3) is 0 Å². The van der Waals surface area contributed by atoms with Gasteiger partial charge in [-0.1, -0.05) is 23.7 Å². The summed E-state index contributed by atoms with van der Waals surface area (Å²) in [6.45, 7) is 2.80. The molecule has 11 heteroatoms. The van der Waals surface area contributed by atoms with E-state index >= 15 is 0 Å². The van der Waals surface area contributed by atoms with Crippen molar-refractivity contribution in [3.63, 3.8) is 0 Å². The average molecular weight is 464 g/mol. The molecule has 0 saturated heterocycles. The smallest absolute Gasteiger partial charge is 0.323 e. The van der Waals surface area contributed by atoms with Crippen LogP contribution in [0.3, 0.4) is 0 Å². The summed E-state index contributed by atoms with van der Waals surface area (Å²) in [7, 11) is -1.44. The van der Waals surface area contributed by atoms with Crippen molar-refractivity contribution >= 4 is 39.1 Å². The largest absolute Gasteiger partial charge is 0.416 e. The molecule has 30 heavy (non-hydrogen) atoms. The third-order valence-electron chi connectivity index (χ3n) is 4.23. The van der Waals surface area contributed by atoms with E-state index in [-0.39, 0.29) is 16.4 Å². The molecule has 0 aliphatic rings. The van der Waals surface area contributed by atoms with Crippen LogP contribution in [0.5, 0.6) is 0 Å². The second-order valence-corrected chi connectivity index (χ2v) is 9.30. The van der Waals surface area contributed by atoms with E-state index in [1.807, 2.05) is 0 Å². The van der Waals surface area contributed by atoms with Crippen LogP contribution in [-0.2, 0) is 21.2 Å². The van der Waals surface area contributed by atoms with Gasteiger partial charge in [0.05, 0.1) is 22.0 Å². The summed E-state index contributed by atoms with van der Waals surface area (Å²) in [6.07, 6.45) is -4.62. The fourth-order valence-corrected chi connectivity index (χ4v) is 3.88. The van der Waals surface area contributed by atoms with Gasteiger partial charge in [-0.15, -0.1) is 0 Å². The van der Waals surface area contributed by atoms with Crippen molar-refractivity contribution in [1.29, 1.82) is 0 Å². The van der Waals surface area contributed by atoms with Crippen LogP contribution in [0, 0.1) is 13.8 Å². The number of amides is 1. The molecule has 2 aromatic rings. The topological polar surface area (TPSA) is 69.7 Å². The molecule has 0 saturated carbocycles. The van der Waals surface area contributed by atoms with Gasteiger partial charge in [0.2, 0.25) is 5.91 Å². The third-order valence-corrected chi connectivity index (χ3v) is 6.36. The highest BCUT2D eigenvalue weighted by Gasteiger charge is 2.32. The van der Waals surface area contributed by atoms with Gasteiger partial charge in [-0.3, -0.25) is 4.79 Å². The first-order valence-corrected chi connectivity index (χ1v) is 10.4. The molecule has 164 valence electrons. The van der Waals surface area contributed by atoms with E-state index in [9.17, 15) is 26.4 Å². The molecule has 0 fully saturated rings. The molecule has 0 aromatic heterocycles. The Morgan fingerprint density at radius 3 is 2.30 bits per heavy atom. The average Bonchev–Trinajstić information content (AvgIpc) is 2.62. The van der Waals surface area contributed by atoms with Gasteiger partial charge in [-0.2, -0.15) is 25.9 Å². The number of anilines is 2. The summed E-state index contributed by atoms with van der Waals surface area (Å²) in [5, 5.41) is 2.17. The lowest BCUT2D eigenvalue weighted by molar-refractivity contribution is -0.137. The molecule has 0 heterocycles. The van der Waals surface area contributed by atoms with Gasteiger partial charge in [0.15, 0.2) is 0 Å². The molecule has 2 aromatic carbocycles. The van der Waals surface area contributed by atoms with E-state index in [0.717, 1.165) is 26.3 Å². The predicted molar refractivity (Wildman–Crippen MR) is 111 cm³/mol. The maximum absolute atomic E-state index is 12.9. The monoisotopic (exact) mass is 463 g/mol. The van der Waals surface area contributed by atoms with Crippen LogP contribution in [-0.4, -0.2) is 39.3 Å². The zero-order chi connectivity index (χ0) is 22.9. The second kappa shape index (κ2) is 8.83. The summed E-state index contributed by atoms with van der Waals surface area (Å²) in [4.78, 5) is 12.6. The van der Waals surface area contributed by atoms with Crippen molar-refractivity contribution in [2.45, 2.75) is 20.0 Å². The van der Waals surface area contributed by atoms with Gasteiger partial charge in [0, 0.05) is 14.1 Å². The molecule has 0 aliphatic carbocycles. The number of alkyl halides is 3. The number of halogens is 4. The Morgan fingerprint density at radius 1 is 1.10 bits per heavy atom. The molecule has 1 N–H and O–H groups in total. The minimum Gasteiger partial charge on any atom is -0.323 e. The van der Waals surface area contributed by atoms with Crippen molar-refractivity contribution in [2.75, 3.05) is 30.3 Å². The Morgan fingerprint density at radius 2 is 1.73 bits per heavy atom. The zero-order valence-corrected chi connectivity index (χ0v) is 18.3. The Kier molecular flexibility index (Phi) is 7.05. The highest BCUT2D eigenvalue weighted by Crippen LogP contribution is 2.34. The molecular weight excluding hydrogens is 443 g/mol. The number of nitrogens with one attached hydrogen (secondary N) is 1. The molecule has 0 unspecified atom stereocenters. The molecule has 0 aliphatic heterocycles. The van der Waals surface area contributed by atoms with Gasteiger partial charge < -0.3 is 5.32 Å². The first-order chi connectivity index (χ1) is 13.7. The number of carbonyl (C=O) groups is 1. The van der Waals surface area contributed by atoms with Gasteiger partial charge in [-0.25, -0.2) is 4.31 Å². The quantitative estimate of drug-likeness (QED) is 0.697. The van der Waals surface area contributed by atoms with Gasteiger partial charge in [-0.05, 0) is 49.2 Å². The van der Waals surface area contributed by atoms with Crippen molar-refractivity contribution in [3.8, 4) is 0 Å². The van der Waals surface area contributed by atoms with Crippen molar-refractivity contribution < 1.29 is 26.4 Å². The van der Waals surface area contributed by atoms with Crippen LogP contribution in [0.15, 0.2) is 36.4 Å². The molecule has 1 amide bonds. The maximum atomic E-state index is 12.9. The van der Waals surface area contributed by atoms with Crippen molar-refractivity contribution in [3.05, 3.63) is 58.1 Å². The van der Waals surface area contributed by atoms with Crippen molar-refractivity contribution in [2.24, 2.45) is 0 Å². The number of hydrogen-bond donors (Lipinski definition) is 1. The molecule has 6 nitrogen and oxygen atoms in total. The van der Waals surface area contributed by atoms with Crippen LogP contribution < -0.4 is 9.62 Å². The Balaban J connectivity index is 2.40. The zero-order valence-electron chi connectivity index (χ0n) is 16.7. The third kappa shape index (κ3) is 5.44. The fourth-order valence-electron chi connectivity index (χ4n) is 2.59. The summed E-state index contributed by atoms with van der Waals surface area (Å²) >= 11 is 5.91. The van der Waals surface area contributed by atoms with Crippen LogP contribution in [0.25, 0.3) is 0 Å². The van der Waals surface area contributed by atoms with E-state index in [1.54, 1.807) is 32.0 Å². The summed E-state index contributed by atoms with van der Waals surface area (Å²) in [5.74, 6) is -0.845. The number of benzene rings is 2. The first kappa shape index (κ1) is 24.0. The van der Waals surface area contributed by atoms with E-state index in [2.05, 4.69) is 5.32 Å². The molecule has 0 bridgehead atoms. The number of nitrogens with zero attached hydrogens (tertiary/aromatic N) is 2. The molecule has 0 radical (unpaired) electrons. The molecule has 2 rings (SSSR count). The minimum atomic E-state index is -4.62. The summed E-state index contributed by atoms with van der Waals surface area (Å²) in [6, 6.07) is 7.62. The Labute approximate surface area is 178 Å². The highest BCUT2D eigenvalue weighted by molar-refractivity contribution is 7.90. The van der Waals surface area contributed by atoms with E-state index in [1.165, 1.54) is 14.1 Å². The lowest BCUT2D eigenvalue weighted by atomic mass is 10.1. The van der Waals surface area contributed by atoms with E-state index in [4.69, 9.17) is 11.6 Å². The lowest BCUT2D eigenvalue weighted by Crippen LogP contribution is -2.44. The first-order valence-electron chi connectivity index (χ1n) is 8.67. The fraction of sp³-hybridized carbons (Fsp3) is 0.316. The van der Waals surface area contributed by atoms with E-state index in [0.29, 0.717) is 11.6 Å². The molecule has 0 spiro atoms. The number of aryl methyl sites for hydroxylation is 2. The van der Waals surface area contributed by atoms with E-state index < -0.39 is 34.4 Å². The second-order valence-electron chi connectivity index (χ2n) is 6.83. The molecule has 0 atom stereocenters. The minimum absolute atomic E-state index is 0.106. The summed E-state index contributed by atoms with van der Waals surface area (Å²) in [5.41, 5.74) is 0.412. The van der Waals surface area contributed by atoms with Gasteiger partial charge in [0.1, 0.15) is 6.54 Å². The highest BCUT2D eigenvalue weighted by atomic mass is 35.5. The van der Waals surface area contributed by atoms with Crippen LogP contribution in [0.1, 0.15) is 16.7 Å². The molecular formula is C19H21ClF3N3O3S. The lowest BCUT2D eigenvalue weighted by Gasteiger charge is -2.28. The Bertz CT molecular complexity index is 1060.